The van der Waals surface area contributed by atoms with Gasteiger partial charge in [0.2, 0.25) is 0 Å². The molecule has 176 valence electrons. The Labute approximate surface area is 194 Å². The Hall–Kier alpha value is 0.524. The van der Waals surface area contributed by atoms with Crippen LogP contribution in [0.1, 0.15) is 130 Å². The Morgan fingerprint density at radius 1 is 0.667 bits per heavy atom. The predicted octanol–water partition coefficient (Wildman–Crippen LogP) is 8.90. The molecule has 1 rings (SSSR count). The molecule has 0 aromatic heterocycles. The molecule has 0 saturated carbocycles. The molecule has 1 fully saturated rings. The second-order valence-corrected chi connectivity index (χ2v) is 32.4. The van der Waals surface area contributed by atoms with Crippen molar-refractivity contribution in [3.63, 3.8) is 0 Å². The van der Waals surface area contributed by atoms with E-state index in [9.17, 15) is 0 Å². The normalized spacial score (nSPS) is 21.1. The average Bonchev–Trinajstić information content (AvgIpc) is 2.68. The first-order chi connectivity index (χ1) is 13.2. The van der Waals surface area contributed by atoms with Crippen LogP contribution in [0, 0.1) is 0 Å². The third-order valence-corrected chi connectivity index (χ3v) is 31.3. The van der Waals surface area contributed by atoms with Crippen molar-refractivity contribution in [1.82, 2.24) is 0 Å². The van der Waals surface area contributed by atoms with Crippen LogP contribution in [-0.4, -0.2) is 36.7 Å². The van der Waals surface area contributed by atoms with Gasteiger partial charge in [0.1, 0.15) is 0 Å². The van der Waals surface area contributed by atoms with Crippen LogP contribution in [0.15, 0.2) is 9.06 Å². The summed E-state index contributed by atoms with van der Waals surface area (Å²) in [7, 11) is -0.209. The van der Waals surface area contributed by atoms with Crippen molar-refractivity contribution in [2.75, 3.05) is 0 Å². The second-order valence-electron chi connectivity index (χ2n) is 13.6. The maximum absolute atomic E-state index is 6.69. The Morgan fingerprint density at radius 2 is 1.00 bits per heavy atom. The standard InChI is InChI=1S/C14H26BO2.3C4H9.Sn/c1-7-9-11-12(10-8-2)15-16-13(3,4)14(5,6)17-15;3*1-4(2)3;/h7-10H2,1-6H3;3*1-3H3;. The molecule has 0 atom stereocenters. The van der Waals surface area contributed by atoms with Gasteiger partial charge in [-0.2, -0.15) is 0 Å². The fraction of sp³-hybridized carbons (Fsp3) is 0.923. The number of rotatable bonds is 6. The van der Waals surface area contributed by atoms with Gasteiger partial charge in [-0.3, -0.25) is 0 Å². The maximum atomic E-state index is 6.69. The van der Waals surface area contributed by atoms with Gasteiger partial charge in [-0.1, -0.05) is 0 Å². The topological polar surface area (TPSA) is 18.5 Å². The Bertz CT molecular complexity index is 575. The van der Waals surface area contributed by atoms with Gasteiger partial charge < -0.3 is 0 Å². The molecule has 4 heteroatoms. The van der Waals surface area contributed by atoms with Crippen molar-refractivity contribution in [1.29, 1.82) is 0 Å². The summed E-state index contributed by atoms with van der Waals surface area (Å²) in [6, 6.07) is 0. The first-order valence-electron chi connectivity index (χ1n) is 12.3. The first-order valence-corrected chi connectivity index (χ1v) is 18.0. The van der Waals surface area contributed by atoms with Crippen molar-refractivity contribution in [3.05, 3.63) is 9.06 Å². The van der Waals surface area contributed by atoms with E-state index in [2.05, 4.69) is 104 Å². The monoisotopic (exact) mass is 528 g/mol. The molecular weight excluding hydrogens is 474 g/mol. The molecule has 1 heterocycles. The van der Waals surface area contributed by atoms with E-state index in [1.54, 1.807) is 3.59 Å². The van der Waals surface area contributed by atoms with E-state index < -0.39 is 18.4 Å². The third kappa shape index (κ3) is 4.88. The van der Waals surface area contributed by atoms with Gasteiger partial charge in [-0.15, -0.1) is 0 Å². The number of allylic oxidation sites excluding steroid dienone is 2. The van der Waals surface area contributed by atoms with E-state index in [0.29, 0.717) is 0 Å². The Balaban J connectivity index is 4.03. The van der Waals surface area contributed by atoms with Gasteiger partial charge in [-0.05, 0) is 0 Å². The zero-order chi connectivity index (χ0) is 24.0. The van der Waals surface area contributed by atoms with Crippen molar-refractivity contribution in [3.8, 4) is 0 Å². The van der Waals surface area contributed by atoms with E-state index in [4.69, 9.17) is 9.31 Å². The summed E-state index contributed by atoms with van der Waals surface area (Å²) in [5.74, 6) is 0. The van der Waals surface area contributed by atoms with Crippen LogP contribution in [0.5, 0.6) is 0 Å². The fourth-order valence-electron chi connectivity index (χ4n) is 7.24. The van der Waals surface area contributed by atoms with Crippen molar-refractivity contribution in [2.24, 2.45) is 0 Å². The van der Waals surface area contributed by atoms with Crippen LogP contribution in [0.2, 0.25) is 10.3 Å². The zero-order valence-corrected chi connectivity index (χ0v) is 26.1. The van der Waals surface area contributed by atoms with E-state index in [-0.39, 0.29) is 28.6 Å². The molecular formula is C26H53BO2Sn. The minimum absolute atomic E-state index is 0.209. The van der Waals surface area contributed by atoms with Crippen LogP contribution in [-0.2, 0) is 9.31 Å². The average molecular weight is 527 g/mol. The molecule has 0 aliphatic carbocycles. The van der Waals surface area contributed by atoms with Gasteiger partial charge in [0.15, 0.2) is 0 Å². The molecule has 0 aromatic rings. The summed E-state index contributed by atoms with van der Waals surface area (Å²) in [5.41, 5.74) is 0.905. The van der Waals surface area contributed by atoms with E-state index in [0.717, 1.165) is 12.8 Å². The molecule has 30 heavy (non-hydrogen) atoms. The molecule has 1 aliphatic heterocycles. The molecule has 2 nitrogen and oxygen atoms in total. The van der Waals surface area contributed by atoms with Crippen molar-refractivity contribution >= 4 is 25.5 Å². The molecule has 0 amide bonds. The summed E-state index contributed by atoms with van der Waals surface area (Å²) in [6.07, 6.45) is 4.57. The summed E-state index contributed by atoms with van der Waals surface area (Å²) in [5, 5.41) is 0. The van der Waals surface area contributed by atoms with Crippen molar-refractivity contribution < 1.29 is 9.31 Å². The van der Waals surface area contributed by atoms with Crippen molar-refractivity contribution in [2.45, 2.75) is 151 Å². The molecule has 1 aliphatic rings. The molecule has 0 radical (unpaired) electrons. The zero-order valence-electron chi connectivity index (χ0n) is 23.2. The molecule has 0 bridgehead atoms. The van der Waals surface area contributed by atoms with Crippen LogP contribution in [0.3, 0.4) is 0 Å². The van der Waals surface area contributed by atoms with Gasteiger partial charge in [0.25, 0.3) is 0 Å². The van der Waals surface area contributed by atoms with Gasteiger partial charge >= 0.3 is 195 Å². The van der Waals surface area contributed by atoms with Crippen LogP contribution >= 0.6 is 0 Å². The Morgan fingerprint density at radius 3 is 1.27 bits per heavy atom. The van der Waals surface area contributed by atoms with Crippen LogP contribution < -0.4 is 0 Å². The molecule has 0 unspecified atom stereocenters. The summed E-state index contributed by atoms with van der Waals surface area (Å²) < 4.78 is 16.0. The minimum atomic E-state index is -3.15. The molecule has 0 spiro atoms. The van der Waals surface area contributed by atoms with E-state index in [1.807, 2.05) is 0 Å². The molecule has 0 aromatic carbocycles. The van der Waals surface area contributed by atoms with E-state index >= 15 is 0 Å². The van der Waals surface area contributed by atoms with Gasteiger partial charge in [0, 0.05) is 0 Å². The summed E-state index contributed by atoms with van der Waals surface area (Å²) in [6.45, 7) is 36.2. The second kappa shape index (κ2) is 9.05. The third-order valence-electron chi connectivity index (χ3n) is 7.77. The van der Waals surface area contributed by atoms with Gasteiger partial charge in [0.05, 0.1) is 0 Å². The van der Waals surface area contributed by atoms with Gasteiger partial charge in [-0.25, -0.2) is 0 Å². The first kappa shape index (κ1) is 28.6. The SMILES string of the molecule is CCC/C(B1OC(C)(C)C(C)(C)O1)=[C](\CCC)[Sn]([C](C)(C)C)([C](C)(C)C)[C](C)(C)C. The Kier molecular flexibility index (Phi) is 8.61. The van der Waals surface area contributed by atoms with Crippen LogP contribution in [0.4, 0.5) is 0 Å². The fourth-order valence-corrected chi connectivity index (χ4v) is 38.1. The summed E-state index contributed by atoms with van der Waals surface area (Å²) in [4.78, 5) is 0. The van der Waals surface area contributed by atoms with E-state index in [1.165, 1.54) is 18.3 Å². The summed E-state index contributed by atoms with van der Waals surface area (Å²) >= 11 is -3.15. The number of hydrogen-bond donors (Lipinski definition) is 0. The quantitative estimate of drug-likeness (QED) is 0.321. The van der Waals surface area contributed by atoms with Crippen LogP contribution in [0.25, 0.3) is 0 Å². The number of hydrogen-bond acceptors (Lipinski definition) is 2. The molecule has 1 saturated heterocycles. The molecule has 0 N–H and O–H groups in total. The predicted molar refractivity (Wildman–Crippen MR) is 138 cm³/mol.